The van der Waals surface area contributed by atoms with Gasteiger partial charge in [-0.3, -0.25) is 0 Å². The lowest BCUT2D eigenvalue weighted by molar-refractivity contribution is 0.0345. The summed E-state index contributed by atoms with van der Waals surface area (Å²) >= 11 is 0. The van der Waals surface area contributed by atoms with E-state index in [2.05, 4.69) is 18.4 Å². The number of unbranched alkanes of at least 4 members (excludes halogenated alkanes) is 3. The van der Waals surface area contributed by atoms with Gasteiger partial charge in [0.05, 0.1) is 6.10 Å². The predicted octanol–water partition coefficient (Wildman–Crippen LogP) is 2.44. The monoisotopic (exact) mass is 211 g/mol. The fourth-order valence-corrected chi connectivity index (χ4v) is 2.22. The SMILES string of the molecule is C=CCCCCCN1CC[C@H](O)[C@H](C)C1. The van der Waals surface area contributed by atoms with Crippen molar-refractivity contribution in [1.29, 1.82) is 0 Å². The molecule has 1 rings (SSSR count). The third-order valence-corrected chi connectivity index (χ3v) is 3.33. The molecule has 15 heavy (non-hydrogen) atoms. The summed E-state index contributed by atoms with van der Waals surface area (Å²) in [6.45, 7) is 9.23. The molecule has 88 valence electrons. The summed E-state index contributed by atoms with van der Waals surface area (Å²) in [5, 5.41) is 9.60. The van der Waals surface area contributed by atoms with Crippen LogP contribution in [0.3, 0.4) is 0 Å². The molecule has 2 nitrogen and oxygen atoms in total. The van der Waals surface area contributed by atoms with E-state index < -0.39 is 0 Å². The number of nitrogens with zero attached hydrogens (tertiary/aromatic N) is 1. The van der Waals surface area contributed by atoms with E-state index in [1.807, 2.05) is 6.08 Å². The van der Waals surface area contributed by atoms with E-state index >= 15 is 0 Å². The normalized spacial score (nSPS) is 27.9. The fraction of sp³-hybridized carbons (Fsp3) is 0.846. The number of allylic oxidation sites excluding steroid dienone is 1. The van der Waals surface area contributed by atoms with Gasteiger partial charge in [-0.05, 0) is 38.1 Å². The molecule has 0 unspecified atom stereocenters. The van der Waals surface area contributed by atoms with Crippen LogP contribution >= 0.6 is 0 Å². The van der Waals surface area contributed by atoms with Crippen molar-refractivity contribution < 1.29 is 5.11 Å². The maximum atomic E-state index is 9.60. The van der Waals surface area contributed by atoms with Crippen LogP contribution in [-0.4, -0.2) is 35.7 Å². The molecule has 0 amide bonds. The number of likely N-dealkylation sites (tertiary alicyclic amines) is 1. The zero-order valence-electron chi connectivity index (χ0n) is 9.99. The van der Waals surface area contributed by atoms with Crippen molar-refractivity contribution in [2.24, 2.45) is 5.92 Å². The van der Waals surface area contributed by atoms with Gasteiger partial charge in [-0.25, -0.2) is 0 Å². The first-order chi connectivity index (χ1) is 7.24. The van der Waals surface area contributed by atoms with E-state index in [1.54, 1.807) is 0 Å². The van der Waals surface area contributed by atoms with E-state index in [1.165, 1.54) is 25.8 Å². The molecule has 2 atom stereocenters. The number of rotatable bonds is 6. The van der Waals surface area contributed by atoms with Crippen LogP contribution in [0.4, 0.5) is 0 Å². The van der Waals surface area contributed by atoms with Gasteiger partial charge in [0.1, 0.15) is 0 Å². The second kappa shape index (κ2) is 7.02. The zero-order valence-corrected chi connectivity index (χ0v) is 9.99. The Hall–Kier alpha value is -0.340. The molecular weight excluding hydrogens is 186 g/mol. The molecule has 1 aliphatic heterocycles. The zero-order chi connectivity index (χ0) is 11.1. The topological polar surface area (TPSA) is 23.5 Å². The van der Waals surface area contributed by atoms with Crippen molar-refractivity contribution in [3.63, 3.8) is 0 Å². The van der Waals surface area contributed by atoms with Crippen LogP contribution in [0.5, 0.6) is 0 Å². The van der Waals surface area contributed by atoms with Crippen LogP contribution in [-0.2, 0) is 0 Å². The highest BCUT2D eigenvalue weighted by Gasteiger charge is 2.23. The number of hydrogen-bond acceptors (Lipinski definition) is 2. The van der Waals surface area contributed by atoms with Gasteiger partial charge in [-0.1, -0.05) is 19.4 Å². The van der Waals surface area contributed by atoms with Crippen molar-refractivity contribution in [2.75, 3.05) is 19.6 Å². The van der Waals surface area contributed by atoms with Crippen molar-refractivity contribution in [2.45, 2.75) is 45.1 Å². The molecule has 0 radical (unpaired) electrons. The van der Waals surface area contributed by atoms with E-state index in [-0.39, 0.29) is 6.10 Å². The summed E-state index contributed by atoms with van der Waals surface area (Å²) in [6, 6.07) is 0. The minimum Gasteiger partial charge on any atom is -0.393 e. The minimum atomic E-state index is -0.0676. The average Bonchev–Trinajstić information content (AvgIpc) is 2.23. The lowest BCUT2D eigenvalue weighted by Gasteiger charge is -2.34. The molecule has 2 heteroatoms. The van der Waals surface area contributed by atoms with Gasteiger partial charge in [0.25, 0.3) is 0 Å². The Labute approximate surface area is 94.0 Å². The number of hydrogen-bond donors (Lipinski definition) is 1. The maximum Gasteiger partial charge on any atom is 0.0590 e. The summed E-state index contributed by atoms with van der Waals surface area (Å²) in [7, 11) is 0. The Balaban J connectivity index is 2.04. The average molecular weight is 211 g/mol. The van der Waals surface area contributed by atoms with Crippen LogP contribution in [0.25, 0.3) is 0 Å². The van der Waals surface area contributed by atoms with Crippen LogP contribution in [0.15, 0.2) is 12.7 Å². The highest BCUT2D eigenvalue weighted by Crippen LogP contribution is 2.17. The molecule has 1 N–H and O–H groups in total. The van der Waals surface area contributed by atoms with Crippen LogP contribution in [0.1, 0.15) is 39.0 Å². The Kier molecular flexibility index (Phi) is 5.96. The van der Waals surface area contributed by atoms with Gasteiger partial charge in [0, 0.05) is 13.1 Å². The van der Waals surface area contributed by atoms with Gasteiger partial charge in [0.15, 0.2) is 0 Å². The van der Waals surface area contributed by atoms with E-state index in [0.717, 1.165) is 25.9 Å². The molecule has 0 aromatic carbocycles. The minimum absolute atomic E-state index is 0.0676. The van der Waals surface area contributed by atoms with Crippen molar-refractivity contribution in [3.8, 4) is 0 Å². The molecule has 0 aromatic rings. The number of piperidine rings is 1. The van der Waals surface area contributed by atoms with Crippen LogP contribution < -0.4 is 0 Å². The van der Waals surface area contributed by atoms with Crippen LogP contribution in [0.2, 0.25) is 0 Å². The molecule has 0 bridgehead atoms. The van der Waals surface area contributed by atoms with Gasteiger partial charge >= 0.3 is 0 Å². The molecule has 0 spiro atoms. The van der Waals surface area contributed by atoms with Crippen molar-refractivity contribution in [1.82, 2.24) is 4.90 Å². The predicted molar refractivity (Wildman–Crippen MR) is 64.9 cm³/mol. The molecule has 1 heterocycles. The molecule has 0 aromatic heterocycles. The molecular formula is C13H25NO. The third-order valence-electron chi connectivity index (χ3n) is 3.33. The Bertz CT molecular complexity index is 181. The summed E-state index contributed by atoms with van der Waals surface area (Å²) in [5.41, 5.74) is 0. The van der Waals surface area contributed by atoms with Gasteiger partial charge in [-0.15, -0.1) is 6.58 Å². The third kappa shape index (κ3) is 4.80. The first kappa shape index (κ1) is 12.7. The Morgan fingerprint density at radius 2 is 2.20 bits per heavy atom. The second-order valence-corrected chi connectivity index (χ2v) is 4.77. The largest absolute Gasteiger partial charge is 0.393 e. The summed E-state index contributed by atoms with van der Waals surface area (Å²) in [4.78, 5) is 2.49. The highest BCUT2D eigenvalue weighted by atomic mass is 16.3. The number of aliphatic hydroxyl groups excluding tert-OH is 1. The van der Waals surface area contributed by atoms with Crippen molar-refractivity contribution in [3.05, 3.63) is 12.7 Å². The first-order valence-corrected chi connectivity index (χ1v) is 6.25. The standard InChI is InChI=1S/C13H25NO/c1-3-4-5-6-7-9-14-10-8-13(15)12(2)11-14/h3,12-13,15H,1,4-11H2,2H3/t12-,13+/m1/s1. The van der Waals surface area contributed by atoms with E-state index in [0.29, 0.717) is 5.92 Å². The lowest BCUT2D eigenvalue weighted by Crippen LogP contribution is -2.42. The molecule has 0 aliphatic carbocycles. The van der Waals surface area contributed by atoms with Crippen LogP contribution in [0, 0.1) is 5.92 Å². The fourth-order valence-electron chi connectivity index (χ4n) is 2.22. The number of aliphatic hydroxyl groups is 1. The lowest BCUT2D eigenvalue weighted by atomic mass is 9.96. The second-order valence-electron chi connectivity index (χ2n) is 4.77. The highest BCUT2D eigenvalue weighted by molar-refractivity contribution is 4.77. The molecule has 0 saturated carbocycles. The molecule has 1 saturated heterocycles. The molecule has 1 fully saturated rings. The quantitative estimate of drug-likeness (QED) is 0.539. The molecule has 1 aliphatic rings. The maximum absolute atomic E-state index is 9.60. The van der Waals surface area contributed by atoms with Gasteiger partial charge in [0.2, 0.25) is 0 Å². The first-order valence-electron chi connectivity index (χ1n) is 6.25. The smallest absolute Gasteiger partial charge is 0.0590 e. The summed E-state index contributed by atoms with van der Waals surface area (Å²) in [5.74, 6) is 0.451. The summed E-state index contributed by atoms with van der Waals surface area (Å²) < 4.78 is 0. The van der Waals surface area contributed by atoms with E-state index in [9.17, 15) is 5.11 Å². The summed E-state index contributed by atoms with van der Waals surface area (Å²) in [6.07, 6.45) is 7.90. The van der Waals surface area contributed by atoms with Gasteiger partial charge < -0.3 is 10.0 Å². The Morgan fingerprint density at radius 3 is 2.87 bits per heavy atom. The Morgan fingerprint density at radius 1 is 1.40 bits per heavy atom. The van der Waals surface area contributed by atoms with Crippen molar-refractivity contribution >= 4 is 0 Å². The van der Waals surface area contributed by atoms with E-state index in [4.69, 9.17) is 0 Å². The van der Waals surface area contributed by atoms with Gasteiger partial charge in [-0.2, -0.15) is 0 Å².